The number of nitrogens with one attached hydrogen (secondary N) is 1. The molecule has 1 aromatic carbocycles. The molecule has 3 N–H and O–H groups in total. The summed E-state index contributed by atoms with van der Waals surface area (Å²) in [4.78, 5) is 0. The van der Waals surface area contributed by atoms with Gasteiger partial charge in [-0.25, -0.2) is 5.43 Å². The second kappa shape index (κ2) is 5.01. The van der Waals surface area contributed by atoms with Gasteiger partial charge in [-0.1, -0.05) is 16.6 Å². The molecule has 3 rings (SSSR count). The van der Waals surface area contributed by atoms with Crippen LogP contribution < -0.4 is 16.0 Å². The molecule has 6 heteroatoms. The number of ether oxygens (including phenoxy) is 1. The van der Waals surface area contributed by atoms with Crippen LogP contribution in [0.4, 0.5) is 0 Å². The Balaban J connectivity index is 1.77. The zero-order valence-electron chi connectivity index (χ0n) is 9.74. The molecular weight excluding hydrogens is 248 g/mol. The first-order valence-corrected chi connectivity index (χ1v) is 6.70. The fraction of sp³-hybridized carbons (Fsp3) is 0.333. The first kappa shape index (κ1) is 11.6. The molecule has 2 aromatic rings. The predicted octanol–water partition coefficient (Wildman–Crippen LogP) is 1.63. The Morgan fingerprint density at radius 1 is 1.33 bits per heavy atom. The van der Waals surface area contributed by atoms with E-state index in [1.807, 2.05) is 29.6 Å². The van der Waals surface area contributed by atoms with Crippen LogP contribution in [-0.2, 0) is 0 Å². The minimum atomic E-state index is -0.126. The predicted molar refractivity (Wildman–Crippen MR) is 69.2 cm³/mol. The molecule has 94 valence electrons. The highest BCUT2D eigenvalue weighted by Crippen LogP contribution is 2.28. The second-order valence-corrected chi connectivity index (χ2v) is 4.93. The lowest BCUT2D eigenvalue weighted by Gasteiger charge is -2.14. The average molecular weight is 262 g/mol. The maximum atomic E-state index is 5.71. The Labute approximate surface area is 109 Å². The van der Waals surface area contributed by atoms with Crippen molar-refractivity contribution in [3.05, 3.63) is 40.9 Å². The van der Waals surface area contributed by atoms with Crippen LogP contribution in [0.2, 0.25) is 0 Å². The maximum Gasteiger partial charge on any atom is 0.119 e. The number of nitrogens with two attached hydrogens (primary N) is 1. The molecule has 0 radical (unpaired) electrons. The first-order valence-electron chi connectivity index (χ1n) is 5.86. The van der Waals surface area contributed by atoms with Gasteiger partial charge >= 0.3 is 0 Å². The van der Waals surface area contributed by atoms with Crippen molar-refractivity contribution < 1.29 is 4.74 Å². The van der Waals surface area contributed by atoms with Crippen LogP contribution in [0.1, 0.15) is 30.1 Å². The highest BCUT2D eigenvalue weighted by molar-refractivity contribution is 7.03. The molecule has 1 aliphatic rings. The standard InChI is InChI=1S/C12H14N4OS/c13-14-12(11-7-18-16-15-11)8-1-3-9(4-2-8)17-10-5-6-10/h1-4,7,10,12,14H,5-6,13H2. The van der Waals surface area contributed by atoms with Crippen molar-refractivity contribution in [1.82, 2.24) is 15.0 Å². The number of hydrogen-bond acceptors (Lipinski definition) is 6. The molecule has 1 aliphatic carbocycles. The molecule has 1 heterocycles. The van der Waals surface area contributed by atoms with E-state index in [-0.39, 0.29) is 6.04 Å². The number of benzene rings is 1. The Morgan fingerprint density at radius 2 is 2.11 bits per heavy atom. The van der Waals surface area contributed by atoms with E-state index in [4.69, 9.17) is 10.6 Å². The molecule has 0 amide bonds. The number of nitrogens with zero attached hydrogens (tertiary/aromatic N) is 2. The molecule has 0 aliphatic heterocycles. The van der Waals surface area contributed by atoms with Gasteiger partial charge in [-0.2, -0.15) is 0 Å². The Kier molecular flexibility index (Phi) is 3.22. The first-order chi connectivity index (χ1) is 8.86. The van der Waals surface area contributed by atoms with Crippen molar-refractivity contribution in [2.24, 2.45) is 5.84 Å². The number of hydrogen-bond donors (Lipinski definition) is 2. The zero-order valence-corrected chi connectivity index (χ0v) is 10.6. The van der Waals surface area contributed by atoms with E-state index in [1.54, 1.807) is 0 Å². The van der Waals surface area contributed by atoms with Crippen molar-refractivity contribution in [2.75, 3.05) is 0 Å². The summed E-state index contributed by atoms with van der Waals surface area (Å²) in [6, 6.07) is 7.82. The van der Waals surface area contributed by atoms with Gasteiger partial charge in [-0.15, -0.1) is 5.10 Å². The summed E-state index contributed by atoms with van der Waals surface area (Å²) in [7, 11) is 0. The van der Waals surface area contributed by atoms with Crippen LogP contribution in [-0.4, -0.2) is 15.7 Å². The summed E-state index contributed by atoms with van der Waals surface area (Å²) in [6.07, 6.45) is 2.75. The SMILES string of the molecule is NNC(c1ccc(OC2CC2)cc1)c1csnn1. The van der Waals surface area contributed by atoms with Crippen molar-refractivity contribution in [3.63, 3.8) is 0 Å². The summed E-state index contributed by atoms with van der Waals surface area (Å²) in [5.41, 5.74) is 4.64. The van der Waals surface area contributed by atoms with E-state index in [1.165, 1.54) is 24.4 Å². The monoisotopic (exact) mass is 262 g/mol. The smallest absolute Gasteiger partial charge is 0.119 e. The Hall–Kier alpha value is -1.50. The summed E-state index contributed by atoms with van der Waals surface area (Å²) >= 11 is 1.32. The lowest BCUT2D eigenvalue weighted by molar-refractivity contribution is 0.303. The fourth-order valence-corrected chi connectivity index (χ4v) is 2.25. The van der Waals surface area contributed by atoms with Crippen LogP contribution in [0.5, 0.6) is 5.75 Å². The highest BCUT2D eigenvalue weighted by Gasteiger charge is 2.23. The molecule has 0 saturated heterocycles. The van der Waals surface area contributed by atoms with E-state index >= 15 is 0 Å². The van der Waals surface area contributed by atoms with Crippen LogP contribution in [0.15, 0.2) is 29.6 Å². The van der Waals surface area contributed by atoms with Gasteiger partial charge in [0.2, 0.25) is 0 Å². The third kappa shape index (κ3) is 2.50. The fourth-order valence-electron chi connectivity index (χ4n) is 1.77. The van der Waals surface area contributed by atoms with E-state index in [2.05, 4.69) is 15.0 Å². The van der Waals surface area contributed by atoms with Crippen LogP contribution >= 0.6 is 11.5 Å². The lowest BCUT2D eigenvalue weighted by atomic mass is 10.1. The highest BCUT2D eigenvalue weighted by atomic mass is 32.1. The quantitative estimate of drug-likeness (QED) is 0.633. The number of rotatable bonds is 5. The van der Waals surface area contributed by atoms with Gasteiger partial charge in [0.05, 0.1) is 17.8 Å². The Bertz CT molecular complexity index is 495. The molecule has 0 bridgehead atoms. The molecule has 1 atom stereocenters. The second-order valence-electron chi connectivity index (χ2n) is 4.32. The topological polar surface area (TPSA) is 73.1 Å². The molecule has 0 spiro atoms. The largest absolute Gasteiger partial charge is 0.490 e. The van der Waals surface area contributed by atoms with Gasteiger partial charge in [0.1, 0.15) is 5.75 Å². The van der Waals surface area contributed by atoms with Gasteiger partial charge in [-0.3, -0.25) is 5.84 Å². The normalized spacial score (nSPS) is 16.5. The van der Waals surface area contributed by atoms with Gasteiger partial charge in [0, 0.05) is 5.38 Å². The van der Waals surface area contributed by atoms with Gasteiger partial charge < -0.3 is 4.74 Å². The van der Waals surface area contributed by atoms with E-state index in [9.17, 15) is 0 Å². The van der Waals surface area contributed by atoms with Crippen molar-refractivity contribution in [2.45, 2.75) is 25.0 Å². The van der Waals surface area contributed by atoms with Crippen molar-refractivity contribution in [3.8, 4) is 5.75 Å². The lowest BCUT2D eigenvalue weighted by Crippen LogP contribution is -2.29. The third-order valence-corrected chi connectivity index (χ3v) is 3.40. The summed E-state index contributed by atoms with van der Waals surface area (Å²) in [5, 5.41) is 5.93. The molecule has 1 saturated carbocycles. The number of aromatic nitrogens is 2. The van der Waals surface area contributed by atoms with Crippen molar-refractivity contribution in [1.29, 1.82) is 0 Å². The summed E-state index contributed by atoms with van der Waals surface area (Å²) in [6.45, 7) is 0. The molecule has 1 unspecified atom stereocenters. The molecular formula is C12H14N4OS. The maximum absolute atomic E-state index is 5.71. The molecule has 18 heavy (non-hydrogen) atoms. The van der Waals surface area contributed by atoms with Crippen LogP contribution in [0.25, 0.3) is 0 Å². The van der Waals surface area contributed by atoms with Gasteiger partial charge in [0.15, 0.2) is 0 Å². The Morgan fingerprint density at radius 3 is 2.67 bits per heavy atom. The molecule has 5 nitrogen and oxygen atoms in total. The van der Waals surface area contributed by atoms with Crippen LogP contribution in [0.3, 0.4) is 0 Å². The van der Waals surface area contributed by atoms with Gasteiger partial charge in [-0.05, 0) is 42.1 Å². The van der Waals surface area contributed by atoms with Gasteiger partial charge in [0.25, 0.3) is 0 Å². The third-order valence-electron chi connectivity index (χ3n) is 2.88. The molecule has 1 fully saturated rings. The summed E-state index contributed by atoms with van der Waals surface area (Å²) < 4.78 is 9.56. The van der Waals surface area contributed by atoms with E-state index in [0.29, 0.717) is 6.10 Å². The minimum absolute atomic E-state index is 0.126. The molecule has 1 aromatic heterocycles. The minimum Gasteiger partial charge on any atom is -0.490 e. The summed E-state index contributed by atoms with van der Waals surface area (Å²) in [5.74, 6) is 6.49. The average Bonchev–Trinajstić information content (AvgIpc) is 3.05. The zero-order chi connectivity index (χ0) is 12.4. The van der Waals surface area contributed by atoms with Crippen molar-refractivity contribution >= 4 is 11.5 Å². The van der Waals surface area contributed by atoms with Crippen LogP contribution in [0, 0.1) is 0 Å². The number of hydrazine groups is 1. The van der Waals surface area contributed by atoms with E-state index in [0.717, 1.165) is 17.0 Å². The van der Waals surface area contributed by atoms with E-state index < -0.39 is 0 Å².